The fraction of sp³-hybridized carbons (Fsp3) is 0.500. The average molecular weight is 360 g/mol. The van der Waals surface area contributed by atoms with Crippen LogP contribution in [0.2, 0.25) is 0 Å². The molecule has 1 aliphatic heterocycles. The van der Waals surface area contributed by atoms with Gasteiger partial charge in [0.25, 0.3) is 11.8 Å². The lowest BCUT2D eigenvalue weighted by Crippen LogP contribution is -2.56. The number of hydrogen-bond donors (Lipinski definition) is 2. The van der Waals surface area contributed by atoms with E-state index in [2.05, 4.69) is 15.7 Å². The molecular formula is C18H24N4O2S. The molecular weight excluding hydrogens is 336 g/mol. The van der Waals surface area contributed by atoms with E-state index in [-0.39, 0.29) is 24.2 Å². The molecule has 0 unspecified atom stereocenters. The number of nitrogens with zero attached hydrogens (tertiary/aromatic N) is 2. The third-order valence-corrected chi connectivity index (χ3v) is 5.77. The van der Waals surface area contributed by atoms with Gasteiger partial charge < -0.3 is 5.32 Å². The number of amides is 2. The number of hydrazine groups is 1. The van der Waals surface area contributed by atoms with Crippen LogP contribution in [0.1, 0.15) is 31.2 Å². The summed E-state index contributed by atoms with van der Waals surface area (Å²) in [6.45, 7) is 2.57. The monoisotopic (exact) mass is 360 g/mol. The molecule has 1 aliphatic carbocycles. The second-order valence-corrected chi connectivity index (χ2v) is 7.78. The number of benzene rings is 1. The molecule has 6 nitrogen and oxygen atoms in total. The van der Waals surface area contributed by atoms with Gasteiger partial charge in [-0.3, -0.25) is 20.0 Å². The first-order chi connectivity index (χ1) is 12.1. The highest BCUT2D eigenvalue weighted by Gasteiger charge is 2.25. The van der Waals surface area contributed by atoms with Crippen molar-refractivity contribution < 1.29 is 9.59 Å². The van der Waals surface area contributed by atoms with Gasteiger partial charge in [0, 0.05) is 17.5 Å². The van der Waals surface area contributed by atoms with E-state index in [1.165, 1.54) is 30.7 Å². The summed E-state index contributed by atoms with van der Waals surface area (Å²) in [7, 11) is 0. The molecule has 0 spiro atoms. The number of hydrogen-bond acceptors (Lipinski definition) is 5. The largest absolute Gasteiger partial charge is 0.349 e. The summed E-state index contributed by atoms with van der Waals surface area (Å²) in [6, 6.07) is 7.55. The molecule has 25 heavy (non-hydrogen) atoms. The number of thioether (sulfide) groups is 1. The van der Waals surface area contributed by atoms with Crippen molar-refractivity contribution in [1.29, 1.82) is 0 Å². The van der Waals surface area contributed by atoms with Gasteiger partial charge in [0.05, 0.1) is 5.69 Å². The first-order valence-corrected chi connectivity index (χ1v) is 9.79. The van der Waals surface area contributed by atoms with Gasteiger partial charge in [0.15, 0.2) is 0 Å². The minimum absolute atomic E-state index is 0.0273. The van der Waals surface area contributed by atoms with Gasteiger partial charge in [0.1, 0.15) is 6.54 Å². The minimum Gasteiger partial charge on any atom is -0.349 e. The molecule has 0 saturated heterocycles. The Morgan fingerprint density at radius 1 is 1.32 bits per heavy atom. The Balaban J connectivity index is 1.50. The second kappa shape index (κ2) is 8.38. The van der Waals surface area contributed by atoms with Crippen molar-refractivity contribution in [1.82, 2.24) is 10.7 Å². The Morgan fingerprint density at radius 2 is 2.04 bits per heavy atom. The normalized spacial score (nSPS) is 18.0. The highest BCUT2D eigenvalue weighted by atomic mass is 32.2. The van der Waals surface area contributed by atoms with Crippen LogP contribution in [-0.4, -0.2) is 41.7 Å². The van der Waals surface area contributed by atoms with Crippen LogP contribution in [0.15, 0.2) is 29.3 Å². The maximum atomic E-state index is 12.3. The van der Waals surface area contributed by atoms with E-state index < -0.39 is 0 Å². The van der Waals surface area contributed by atoms with Crippen LogP contribution < -0.4 is 15.8 Å². The van der Waals surface area contributed by atoms with Crippen LogP contribution in [0.4, 0.5) is 5.69 Å². The smallest absolute Gasteiger partial charge is 0.288 e. The molecule has 0 bridgehead atoms. The average Bonchev–Trinajstić information content (AvgIpc) is 3.13. The Kier molecular flexibility index (Phi) is 5.96. The molecule has 3 rings (SSSR count). The maximum absolute atomic E-state index is 12.3. The lowest BCUT2D eigenvalue weighted by molar-refractivity contribution is -0.118. The summed E-state index contributed by atoms with van der Waals surface area (Å²) in [5.41, 5.74) is 4.65. The number of nitrogens with one attached hydrogen (secondary N) is 2. The van der Waals surface area contributed by atoms with E-state index in [9.17, 15) is 9.59 Å². The Labute approximate surface area is 152 Å². The SMILES string of the molecule is Cc1ccc(N2NC(C(=O)NCCSC3CCCC3)=NCC2=O)cc1. The Bertz CT molecular complexity index is 654. The predicted molar refractivity (Wildman–Crippen MR) is 102 cm³/mol. The third-order valence-electron chi connectivity index (χ3n) is 4.39. The zero-order chi connectivity index (χ0) is 17.6. The number of amidine groups is 1. The summed E-state index contributed by atoms with van der Waals surface area (Å²) in [6.07, 6.45) is 5.24. The number of carbonyl (C=O) groups is 2. The first kappa shape index (κ1) is 17.8. The van der Waals surface area contributed by atoms with Crippen molar-refractivity contribution in [2.24, 2.45) is 4.99 Å². The van der Waals surface area contributed by atoms with Gasteiger partial charge in [-0.15, -0.1) is 0 Å². The summed E-state index contributed by atoms with van der Waals surface area (Å²) >= 11 is 1.93. The molecule has 7 heteroatoms. The van der Waals surface area contributed by atoms with Gasteiger partial charge in [0.2, 0.25) is 5.84 Å². The van der Waals surface area contributed by atoms with Crippen molar-refractivity contribution >= 4 is 35.1 Å². The van der Waals surface area contributed by atoms with E-state index in [1.54, 1.807) is 0 Å². The minimum atomic E-state index is -0.267. The summed E-state index contributed by atoms with van der Waals surface area (Å²) in [4.78, 5) is 28.4. The van der Waals surface area contributed by atoms with Gasteiger partial charge in [-0.05, 0) is 31.9 Å². The summed E-state index contributed by atoms with van der Waals surface area (Å²) in [5.74, 6) is 0.643. The quantitative estimate of drug-likeness (QED) is 0.762. The fourth-order valence-corrected chi connectivity index (χ4v) is 4.19. The lowest BCUT2D eigenvalue weighted by atomic mass is 10.2. The van der Waals surface area contributed by atoms with Crippen LogP contribution in [0.3, 0.4) is 0 Å². The van der Waals surface area contributed by atoms with Gasteiger partial charge in [-0.2, -0.15) is 11.8 Å². The van der Waals surface area contributed by atoms with Crippen LogP contribution in [-0.2, 0) is 9.59 Å². The molecule has 2 aliphatic rings. The molecule has 0 aromatic heterocycles. The maximum Gasteiger partial charge on any atom is 0.288 e. The molecule has 2 N–H and O–H groups in total. The molecule has 1 aromatic rings. The highest BCUT2D eigenvalue weighted by molar-refractivity contribution is 7.99. The predicted octanol–water partition coefficient (Wildman–Crippen LogP) is 2.04. The second-order valence-electron chi connectivity index (χ2n) is 6.37. The zero-order valence-corrected chi connectivity index (χ0v) is 15.3. The Hall–Kier alpha value is -2.02. The van der Waals surface area contributed by atoms with Crippen LogP contribution >= 0.6 is 11.8 Å². The zero-order valence-electron chi connectivity index (χ0n) is 14.5. The van der Waals surface area contributed by atoms with Crippen molar-refractivity contribution in [3.8, 4) is 0 Å². The van der Waals surface area contributed by atoms with Crippen LogP contribution in [0.25, 0.3) is 0 Å². The van der Waals surface area contributed by atoms with Crippen molar-refractivity contribution in [2.75, 3.05) is 23.9 Å². The number of anilines is 1. The third kappa shape index (κ3) is 4.75. The molecule has 1 fully saturated rings. The molecule has 0 radical (unpaired) electrons. The number of aryl methyl sites for hydroxylation is 1. The van der Waals surface area contributed by atoms with Gasteiger partial charge in [-0.25, -0.2) is 5.01 Å². The summed E-state index contributed by atoms with van der Waals surface area (Å²) < 4.78 is 0. The van der Waals surface area contributed by atoms with Crippen molar-refractivity contribution in [2.45, 2.75) is 37.9 Å². The molecule has 1 heterocycles. The van der Waals surface area contributed by atoms with Crippen molar-refractivity contribution in [3.05, 3.63) is 29.8 Å². The molecule has 134 valence electrons. The molecule has 1 saturated carbocycles. The number of rotatable bonds is 6. The lowest BCUT2D eigenvalue weighted by Gasteiger charge is -2.27. The first-order valence-electron chi connectivity index (χ1n) is 8.74. The molecule has 2 amide bonds. The summed E-state index contributed by atoms with van der Waals surface area (Å²) in [5, 5.41) is 5.01. The molecule has 1 aromatic carbocycles. The highest BCUT2D eigenvalue weighted by Crippen LogP contribution is 2.28. The van der Waals surface area contributed by atoms with E-state index in [4.69, 9.17) is 0 Å². The standard InChI is InChI=1S/C18H24N4O2S/c1-13-6-8-14(9-7-13)22-16(23)12-20-17(21-22)18(24)19-10-11-25-15-4-2-3-5-15/h6-9,15H,2-5,10-12H2,1H3,(H,19,24)(H,20,21). The fourth-order valence-electron chi connectivity index (χ4n) is 2.97. The Morgan fingerprint density at radius 3 is 2.76 bits per heavy atom. The van der Waals surface area contributed by atoms with Crippen LogP contribution in [0.5, 0.6) is 0 Å². The topological polar surface area (TPSA) is 73.8 Å². The van der Waals surface area contributed by atoms with E-state index >= 15 is 0 Å². The van der Waals surface area contributed by atoms with Gasteiger partial charge >= 0.3 is 0 Å². The van der Waals surface area contributed by atoms with Crippen molar-refractivity contribution in [3.63, 3.8) is 0 Å². The van der Waals surface area contributed by atoms with Gasteiger partial charge in [-0.1, -0.05) is 30.5 Å². The van der Waals surface area contributed by atoms with E-state index in [1.807, 2.05) is 43.0 Å². The van der Waals surface area contributed by atoms with Crippen LogP contribution in [0, 0.1) is 6.92 Å². The van der Waals surface area contributed by atoms with E-state index in [0.717, 1.165) is 16.6 Å². The number of aliphatic imine (C=N–C) groups is 1. The van der Waals surface area contributed by atoms with E-state index in [0.29, 0.717) is 12.2 Å². The number of carbonyl (C=O) groups excluding carboxylic acids is 2. The molecule has 0 atom stereocenters.